The highest BCUT2D eigenvalue weighted by Crippen LogP contribution is 2.34. The van der Waals surface area contributed by atoms with Crippen LogP contribution in [-0.4, -0.2) is 21.8 Å². The van der Waals surface area contributed by atoms with Gasteiger partial charge < -0.3 is 14.4 Å². The number of rotatable bonds is 5. The molecule has 0 saturated heterocycles. The third kappa shape index (κ3) is 2.56. The van der Waals surface area contributed by atoms with Gasteiger partial charge in [-0.05, 0) is 31.4 Å². The summed E-state index contributed by atoms with van der Waals surface area (Å²) in [5.41, 5.74) is 3.80. The third-order valence-corrected chi connectivity index (χ3v) is 3.70. The van der Waals surface area contributed by atoms with Gasteiger partial charge in [0.05, 0.1) is 25.3 Å². The number of hydrogen-bond acceptors (Lipinski definition) is 3. The fourth-order valence-electron chi connectivity index (χ4n) is 2.44. The van der Waals surface area contributed by atoms with Crippen LogP contribution in [0.4, 0.5) is 0 Å². The van der Waals surface area contributed by atoms with Crippen molar-refractivity contribution < 1.29 is 9.84 Å². The lowest BCUT2D eigenvalue weighted by Gasteiger charge is -2.19. The Morgan fingerprint density at radius 3 is 2.75 bits per heavy atom. The van der Waals surface area contributed by atoms with E-state index in [-0.39, 0.29) is 0 Å². The standard InChI is InChI=1S/C16H22N2O2/c1-5-8-18-10-17-9-14(18)15(19)13-7-6-11(2)12(3)16(13)20-4/h6-7,9-10,15,19H,5,8H2,1-4H3. The van der Waals surface area contributed by atoms with Crippen LogP contribution in [0.15, 0.2) is 24.7 Å². The largest absolute Gasteiger partial charge is 0.496 e. The van der Waals surface area contributed by atoms with Crippen molar-refractivity contribution in [1.29, 1.82) is 0 Å². The highest BCUT2D eigenvalue weighted by Gasteiger charge is 2.20. The molecule has 1 N–H and O–H groups in total. The number of methoxy groups -OCH3 is 1. The summed E-state index contributed by atoms with van der Waals surface area (Å²) in [5, 5.41) is 10.7. The number of ether oxygens (including phenoxy) is 1. The van der Waals surface area contributed by atoms with Crippen LogP contribution in [0.2, 0.25) is 0 Å². The van der Waals surface area contributed by atoms with E-state index < -0.39 is 6.10 Å². The zero-order valence-corrected chi connectivity index (χ0v) is 12.6. The number of benzene rings is 1. The molecule has 0 saturated carbocycles. The van der Waals surface area contributed by atoms with E-state index in [4.69, 9.17) is 4.74 Å². The van der Waals surface area contributed by atoms with Gasteiger partial charge in [-0.3, -0.25) is 0 Å². The van der Waals surface area contributed by atoms with E-state index in [1.54, 1.807) is 19.6 Å². The number of aliphatic hydroxyl groups excluding tert-OH is 1. The minimum atomic E-state index is -0.724. The van der Waals surface area contributed by atoms with Gasteiger partial charge >= 0.3 is 0 Å². The Morgan fingerprint density at radius 2 is 2.10 bits per heavy atom. The quantitative estimate of drug-likeness (QED) is 0.911. The van der Waals surface area contributed by atoms with Gasteiger partial charge in [0.15, 0.2) is 0 Å². The molecule has 20 heavy (non-hydrogen) atoms. The number of nitrogens with zero attached hydrogens (tertiary/aromatic N) is 2. The highest BCUT2D eigenvalue weighted by atomic mass is 16.5. The summed E-state index contributed by atoms with van der Waals surface area (Å²) in [5.74, 6) is 0.752. The lowest BCUT2D eigenvalue weighted by atomic mass is 9.99. The molecule has 2 aromatic rings. The molecule has 1 aromatic carbocycles. The molecule has 0 spiro atoms. The highest BCUT2D eigenvalue weighted by molar-refractivity contribution is 5.48. The van der Waals surface area contributed by atoms with Crippen molar-refractivity contribution >= 4 is 0 Å². The monoisotopic (exact) mass is 274 g/mol. The van der Waals surface area contributed by atoms with E-state index in [9.17, 15) is 5.11 Å². The molecule has 0 bridgehead atoms. The van der Waals surface area contributed by atoms with Crippen LogP contribution in [-0.2, 0) is 6.54 Å². The molecular formula is C16H22N2O2. The summed E-state index contributed by atoms with van der Waals surface area (Å²) < 4.78 is 7.47. The number of aromatic nitrogens is 2. The fourth-order valence-corrected chi connectivity index (χ4v) is 2.44. The van der Waals surface area contributed by atoms with E-state index in [1.165, 1.54) is 0 Å². The summed E-state index contributed by atoms with van der Waals surface area (Å²) in [6.45, 7) is 7.00. The Labute approximate surface area is 120 Å². The molecule has 0 aliphatic carbocycles. The topological polar surface area (TPSA) is 47.3 Å². The summed E-state index contributed by atoms with van der Waals surface area (Å²) >= 11 is 0. The van der Waals surface area contributed by atoms with Crippen molar-refractivity contribution in [3.8, 4) is 5.75 Å². The van der Waals surface area contributed by atoms with Crippen LogP contribution >= 0.6 is 0 Å². The minimum Gasteiger partial charge on any atom is -0.496 e. The van der Waals surface area contributed by atoms with Crippen molar-refractivity contribution in [2.75, 3.05) is 7.11 Å². The number of imidazole rings is 1. The average Bonchev–Trinajstić information content (AvgIpc) is 2.89. The summed E-state index contributed by atoms with van der Waals surface area (Å²) in [4.78, 5) is 4.14. The molecule has 0 aliphatic rings. The van der Waals surface area contributed by atoms with E-state index in [2.05, 4.69) is 11.9 Å². The molecule has 0 amide bonds. The van der Waals surface area contributed by atoms with E-state index in [0.717, 1.165) is 41.1 Å². The van der Waals surface area contributed by atoms with Gasteiger partial charge in [-0.25, -0.2) is 4.98 Å². The van der Waals surface area contributed by atoms with Gasteiger partial charge in [0.25, 0.3) is 0 Å². The second-order valence-corrected chi connectivity index (χ2v) is 5.04. The van der Waals surface area contributed by atoms with E-state index in [0.29, 0.717) is 0 Å². The molecular weight excluding hydrogens is 252 g/mol. The Hall–Kier alpha value is -1.81. The summed E-state index contributed by atoms with van der Waals surface area (Å²) in [6, 6.07) is 3.94. The van der Waals surface area contributed by atoms with Crippen LogP contribution in [0, 0.1) is 13.8 Å². The van der Waals surface area contributed by atoms with Gasteiger partial charge in [0, 0.05) is 12.1 Å². The number of hydrogen-bond donors (Lipinski definition) is 1. The first-order valence-corrected chi connectivity index (χ1v) is 6.92. The van der Waals surface area contributed by atoms with Crippen LogP contribution < -0.4 is 4.74 Å². The molecule has 1 atom stereocenters. The number of aliphatic hydroxyl groups is 1. The molecule has 108 valence electrons. The first-order valence-electron chi connectivity index (χ1n) is 6.92. The predicted molar refractivity (Wildman–Crippen MR) is 79.0 cm³/mol. The second kappa shape index (κ2) is 6.09. The molecule has 0 radical (unpaired) electrons. The van der Waals surface area contributed by atoms with Gasteiger partial charge in [-0.2, -0.15) is 0 Å². The molecule has 2 rings (SSSR count). The zero-order chi connectivity index (χ0) is 14.7. The van der Waals surface area contributed by atoms with Gasteiger partial charge in [-0.15, -0.1) is 0 Å². The molecule has 0 aliphatic heterocycles. The van der Waals surface area contributed by atoms with Crippen molar-refractivity contribution in [2.24, 2.45) is 0 Å². The van der Waals surface area contributed by atoms with Gasteiger partial charge in [-0.1, -0.05) is 19.1 Å². The smallest absolute Gasteiger partial charge is 0.128 e. The third-order valence-electron chi connectivity index (χ3n) is 3.70. The Bertz CT molecular complexity index is 590. The van der Waals surface area contributed by atoms with E-state index in [1.807, 2.05) is 30.5 Å². The maximum absolute atomic E-state index is 10.7. The van der Waals surface area contributed by atoms with Crippen LogP contribution in [0.1, 0.15) is 41.8 Å². The molecule has 1 heterocycles. The van der Waals surface area contributed by atoms with Crippen LogP contribution in [0.5, 0.6) is 5.75 Å². The molecule has 1 unspecified atom stereocenters. The molecule has 4 heteroatoms. The van der Waals surface area contributed by atoms with Crippen LogP contribution in [0.25, 0.3) is 0 Å². The fraction of sp³-hybridized carbons (Fsp3) is 0.438. The number of aryl methyl sites for hydroxylation is 2. The van der Waals surface area contributed by atoms with Gasteiger partial charge in [0.2, 0.25) is 0 Å². The van der Waals surface area contributed by atoms with Crippen molar-refractivity contribution in [2.45, 2.75) is 39.8 Å². The van der Waals surface area contributed by atoms with Gasteiger partial charge in [0.1, 0.15) is 11.9 Å². The van der Waals surface area contributed by atoms with Crippen LogP contribution in [0.3, 0.4) is 0 Å². The van der Waals surface area contributed by atoms with Crippen molar-refractivity contribution in [1.82, 2.24) is 9.55 Å². The molecule has 0 fully saturated rings. The first-order chi connectivity index (χ1) is 9.60. The maximum atomic E-state index is 10.7. The SMILES string of the molecule is CCCn1cncc1C(O)c1ccc(C)c(C)c1OC. The van der Waals surface area contributed by atoms with Crippen molar-refractivity contribution in [3.05, 3.63) is 47.0 Å². The lowest BCUT2D eigenvalue weighted by molar-refractivity contribution is 0.204. The maximum Gasteiger partial charge on any atom is 0.128 e. The Kier molecular flexibility index (Phi) is 4.45. The lowest BCUT2D eigenvalue weighted by Crippen LogP contribution is -2.10. The Balaban J connectivity index is 2.45. The van der Waals surface area contributed by atoms with Crippen molar-refractivity contribution in [3.63, 3.8) is 0 Å². The zero-order valence-electron chi connectivity index (χ0n) is 12.6. The summed E-state index contributed by atoms with van der Waals surface area (Å²) in [7, 11) is 1.64. The molecule has 4 nitrogen and oxygen atoms in total. The van der Waals surface area contributed by atoms with E-state index >= 15 is 0 Å². The predicted octanol–water partition coefficient (Wildman–Crippen LogP) is 3.00. The Morgan fingerprint density at radius 1 is 1.35 bits per heavy atom. The molecule has 1 aromatic heterocycles. The second-order valence-electron chi connectivity index (χ2n) is 5.04. The normalized spacial score (nSPS) is 12.4. The average molecular weight is 274 g/mol. The summed E-state index contributed by atoms with van der Waals surface area (Å²) in [6.07, 6.45) is 3.75. The first kappa shape index (κ1) is 14.6. The minimum absolute atomic E-state index is 0.724.